The molecule has 100 valence electrons. The van der Waals surface area contributed by atoms with Crippen molar-refractivity contribution in [2.75, 3.05) is 6.61 Å². The van der Waals surface area contributed by atoms with Crippen molar-refractivity contribution in [3.8, 4) is 0 Å². The predicted octanol–water partition coefficient (Wildman–Crippen LogP) is 2.59. The highest BCUT2D eigenvalue weighted by atomic mass is 16.5. The first-order valence-corrected chi connectivity index (χ1v) is 6.88. The maximum absolute atomic E-state index is 12.1. The van der Waals surface area contributed by atoms with Gasteiger partial charge in [-0.05, 0) is 32.1 Å². The van der Waals surface area contributed by atoms with Crippen molar-refractivity contribution in [1.82, 2.24) is 9.55 Å². The molecule has 2 heterocycles. The number of ether oxygens (including phenoxy) is 1. The minimum absolute atomic E-state index is 0.214. The molecule has 0 radical (unpaired) electrons. The fraction of sp³-hybridized carbons (Fsp3) is 0.714. The molecular weight excluding hydrogens is 228 g/mol. The number of imidazole rings is 1. The molecule has 18 heavy (non-hydrogen) atoms. The Bertz CT molecular complexity index is 435. The maximum Gasteiger partial charge on any atom is 0.356 e. The topological polar surface area (TPSA) is 44.1 Å². The van der Waals surface area contributed by atoms with Gasteiger partial charge < -0.3 is 9.30 Å². The molecule has 1 aliphatic rings. The van der Waals surface area contributed by atoms with Gasteiger partial charge in [0.15, 0.2) is 5.69 Å². The van der Waals surface area contributed by atoms with Crippen molar-refractivity contribution in [2.24, 2.45) is 5.92 Å². The van der Waals surface area contributed by atoms with Crippen molar-refractivity contribution < 1.29 is 9.53 Å². The SMILES string of the molecule is CCOC(=O)c1c(CC(C)C)nc2n1CCCC2. The summed E-state index contributed by atoms with van der Waals surface area (Å²) in [6.07, 6.45) is 4.11. The number of carbonyl (C=O) groups is 1. The summed E-state index contributed by atoms with van der Waals surface area (Å²) in [5.74, 6) is 1.34. The molecule has 0 fully saturated rings. The van der Waals surface area contributed by atoms with Gasteiger partial charge in [-0.25, -0.2) is 9.78 Å². The maximum atomic E-state index is 12.1. The first-order chi connectivity index (χ1) is 8.63. The lowest BCUT2D eigenvalue weighted by molar-refractivity contribution is 0.0511. The van der Waals surface area contributed by atoms with Crippen molar-refractivity contribution >= 4 is 5.97 Å². The van der Waals surface area contributed by atoms with Crippen molar-refractivity contribution in [1.29, 1.82) is 0 Å². The Morgan fingerprint density at radius 2 is 2.22 bits per heavy atom. The Labute approximate surface area is 108 Å². The highest BCUT2D eigenvalue weighted by Crippen LogP contribution is 2.22. The van der Waals surface area contributed by atoms with Crippen LogP contribution in [0.5, 0.6) is 0 Å². The molecular formula is C14H22N2O2. The zero-order valence-corrected chi connectivity index (χ0v) is 11.5. The summed E-state index contributed by atoms with van der Waals surface area (Å²) < 4.78 is 7.24. The van der Waals surface area contributed by atoms with Gasteiger partial charge in [0.05, 0.1) is 12.3 Å². The summed E-state index contributed by atoms with van der Waals surface area (Å²) in [5.41, 5.74) is 1.61. The zero-order chi connectivity index (χ0) is 13.1. The molecule has 4 heteroatoms. The van der Waals surface area contributed by atoms with Gasteiger partial charge in [0, 0.05) is 13.0 Å². The quantitative estimate of drug-likeness (QED) is 0.771. The van der Waals surface area contributed by atoms with E-state index in [1.807, 2.05) is 6.92 Å². The molecule has 0 atom stereocenters. The van der Waals surface area contributed by atoms with Crippen LogP contribution in [0.3, 0.4) is 0 Å². The number of esters is 1. The monoisotopic (exact) mass is 250 g/mol. The summed E-state index contributed by atoms with van der Waals surface area (Å²) in [4.78, 5) is 16.8. The van der Waals surface area contributed by atoms with Crippen molar-refractivity contribution in [2.45, 2.75) is 53.0 Å². The van der Waals surface area contributed by atoms with Crippen molar-refractivity contribution in [3.63, 3.8) is 0 Å². The molecule has 0 aliphatic carbocycles. The number of aromatic nitrogens is 2. The third-order valence-electron chi connectivity index (χ3n) is 3.22. The minimum Gasteiger partial charge on any atom is -0.461 e. The zero-order valence-electron chi connectivity index (χ0n) is 11.5. The van der Waals surface area contributed by atoms with E-state index >= 15 is 0 Å². The largest absolute Gasteiger partial charge is 0.461 e. The second-order valence-electron chi connectivity index (χ2n) is 5.25. The normalized spacial score (nSPS) is 14.7. The lowest BCUT2D eigenvalue weighted by Crippen LogP contribution is -2.18. The molecule has 1 aromatic heterocycles. The Balaban J connectivity index is 2.38. The predicted molar refractivity (Wildman–Crippen MR) is 69.7 cm³/mol. The Morgan fingerprint density at radius 3 is 2.89 bits per heavy atom. The van der Waals surface area contributed by atoms with E-state index in [1.54, 1.807) is 0 Å². The molecule has 0 amide bonds. The van der Waals surface area contributed by atoms with Crippen LogP contribution < -0.4 is 0 Å². The lowest BCUT2D eigenvalue weighted by Gasteiger charge is -2.15. The van der Waals surface area contributed by atoms with E-state index < -0.39 is 0 Å². The number of aryl methyl sites for hydroxylation is 1. The van der Waals surface area contributed by atoms with E-state index in [1.165, 1.54) is 6.42 Å². The number of hydrogen-bond acceptors (Lipinski definition) is 3. The van der Waals surface area contributed by atoms with Gasteiger partial charge in [0.25, 0.3) is 0 Å². The standard InChI is InChI=1S/C14H22N2O2/c1-4-18-14(17)13-11(9-10(2)3)15-12-7-5-6-8-16(12)13/h10H,4-9H2,1-3H3. The van der Waals surface area contributed by atoms with E-state index in [2.05, 4.69) is 23.4 Å². The average molecular weight is 250 g/mol. The van der Waals surface area contributed by atoms with Gasteiger partial charge in [0.1, 0.15) is 5.82 Å². The van der Waals surface area contributed by atoms with Gasteiger partial charge in [-0.1, -0.05) is 13.8 Å². The van der Waals surface area contributed by atoms with Crippen molar-refractivity contribution in [3.05, 3.63) is 17.2 Å². The van der Waals surface area contributed by atoms with Crippen LogP contribution in [0, 0.1) is 5.92 Å². The Morgan fingerprint density at radius 1 is 1.44 bits per heavy atom. The molecule has 1 aromatic rings. The van der Waals surface area contributed by atoms with Crippen LogP contribution in [-0.4, -0.2) is 22.1 Å². The number of rotatable bonds is 4. The number of carbonyl (C=O) groups excluding carboxylic acids is 1. The molecule has 0 aromatic carbocycles. The number of nitrogens with zero attached hydrogens (tertiary/aromatic N) is 2. The lowest BCUT2D eigenvalue weighted by atomic mass is 10.1. The highest BCUT2D eigenvalue weighted by Gasteiger charge is 2.25. The molecule has 0 N–H and O–H groups in total. The second-order valence-corrected chi connectivity index (χ2v) is 5.25. The second kappa shape index (κ2) is 5.55. The van der Waals surface area contributed by atoms with Crippen LogP contribution in [0.25, 0.3) is 0 Å². The molecule has 0 bridgehead atoms. The molecule has 4 nitrogen and oxygen atoms in total. The van der Waals surface area contributed by atoms with Crippen LogP contribution in [0.1, 0.15) is 55.6 Å². The number of hydrogen-bond donors (Lipinski definition) is 0. The van der Waals surface area contributed by atoms with Gasteiger partial charge >= 0.3 is 5.97 Å². The molecule has 0 unspecified atom stereocenters. The highest BCUT2D eigenvalue weighted by molar-refractivity contribution is 5.89. The fourth-order valence-corrected chi connectivity index (χ4v) is 2.50. The Hall–Kier alpha value is -1.32. The van der Waals surface area contributed by atoms with Gasteiger partial charge in [0.2, 0.25) is 0 Å². The van der Waals surface area contributed by atoms with Crippen LogP contribution >= 0.6 is 0 Å². The molecule has 0 saturated carbocycles. The first-order valence-electron chi connectivity index (χ1n) is 6.88. The van der Waals surface area contributed by atoms with Crippen LogP contribution in [-0.2, 0) is 24.1 Å². The van der Waals surface area contributed by atoms with Gasteiger partial charge in [-0.2, -0.15) is 0 Å². The van der Waals surface area contributed by atoms with E-state index in [-0.39, 0.29) is 5.97 Å². The van der Waals surface area contributed by atoms with Crippen LogP contribution in [0.15, 0.2) is 0 Å². The third kappa shape index (κ3) is 2.57. The van der Waals surface area contributed by atoms with E-state index in [0.717, 1.165) is 37.3 Å². The Kier molecular flexibility index (Phi) is 4.04. The van der Waals surface area contributed by atoms with Gasteiger partial charge in [-0.15, -0.1) is 0 Å². The number of fused-ring (bicyclic) bond motifs is 1. The van der Waals surface area contributed by atoms with Crippen LogP contribution in [0.4, 0.5) is 0 Å². The first kappa shape index (κ1) is 13.1. The smallest absolute Gasteiger partial charge is 0.356 e. The molecule has 0 spiro atoms. The summed E-state index contributed by atoms with van der Waals surface area (Å²) in [5, 5.41) is 0. The van der Waals surface area contributed by atoms with E-state index in [4.69, 9.17) is 4.74 Å². The summed E-state index contributed by atoms with van der Waals surface area (Å²) >= 11 is 0. The van der Waals surface area contributed by atoms with Gasteiger partial charge in [-0.3, -0.25) is 0 Å². The summed E-state index contributed by atoms with van der Waals surface area (Å²) in [7, 11) is 0. The van der Waals surface area contributed by atoms with E-state index in [9.17, 15) is 4.79 Å². The molecule has 2 rings (SSSR count). The van der Waals surface area contributed by atoms with Crippen LogP contribution in [0.2, 0.25) is 0 Å². The minimum atomic E-state index is -0.214. The average Bonchev–Trinajstić information content (AvgIpc) is 2.66. The van der Waals surface area contributed by atoms with E-state index in [0.29, 0.717) is 18.2 Å². The fourth-order valence-electron chi connectivity index (χ4n) is 2.50. The third-order valence-corrected chi connectivity index (χ3v) is 3.22. The summed E-state index contributed by atoms with van der Waals surface area (Å²) in [6.45, 7) is 7.45. The molecule has 0 saturated heterocycles. The molecule has 1 aliphatic heterocycles. The summed E-state index contributed by atoms with van der Waals surface area (Å²) in [6, 6.07) is 0.